The van der Waals surface area contributed by atoms with Gasteiger partial charge < -0.3 is 14.6 Å². The van der Waals surface area contributed by atoms with Gasteiger partial charge in [0.2, 0.25) is 5.89 Å². The zero-order chi connectivity index (χ0) is 22.7. The molecular formula is C24H24ClN3O4. The first kappa shape index (κ1) is 22.0. The second kappa shape index (κ2) is 9.53. The molecule has 7 nitrogen and oxygen atoms in total. The largest absolute Gasteiger partial charge is 0.484 e. The fraction of sp³-hybridized carbons (Fsp3) is 0.333. The van der Waals surface area contributed by atoms with Gasteiger partial charge in [0.15, 0.2) is 18.2 Å². The van der Waals surface area contributed by atoms with E-state index in [1.807, 2.05) is 13.8 Å². The average molecular weight is 454 g/mol. The third-order valence-corrected chi connectivity index (χ3v) is 5.49. The molecule has 1 atom stereocenters. The summed E-state index contributed by atoms with van der Waals surface area (Å²) in [6.45, 7) is 3.78. The van der Waals surface area contributed by atoms with Gasteiger partial charge in [-0.25, -0.2) is 0 Å². The molecule has 1 saturated carbocycles. The van der Waals surface area contributed by atoms with Gasteiger partial charge in [0.1, 0.15) is 11.8 Å². The Bertz CT molecular complexity index is 1090. The molecule has 0 spiro atoms. The summed E-state index contributed by atoms with van der Waals surface area (Å²) in [6, 6.07) is 13.0. The first-order valence-electron chi connectivity index (χ1n) is 10.6. The van der Waals surface area contributed by atoms with Gasteiger partial charge in [0.05, 0.1) is 0 Å². The molecule has 0 aliphatic heterocycles. The van der Waals surface area contributed by atoms with Crippen molar-refractivity contribution in [2.24, 2.45) is 5.92 Å². The second-order valence-corrected chi connectivity index (χ2v) is 8.64. The molecule has 2 aromatic carbocycles. The van der Waals surface area contributed by atoms with E-state index in [2.05, 4.69) is 15.5 Å². The highest BCUT2D eigenvalue weighted by molar-refractivity contribution is 6.30. The van der Waals surface area contributed by atoms with E-state index in [9.17, 15) is 9.59 Å². The van der Waals surface area contributed by atoms with E-state index < -0.39 is 0 Å². The second-order valence-electron chi connectivity index (χ2n) is 8.20. The number of amides is 1. The molecule has 8 heteroatoms. The molecule has 1 heterocycles. The van der Waals surface area contributed by atoms with Crippen LogP contribution < -0.4 is 10.1 Å². The lowest BCUT2D eigenvalue weighted by Gasteiger charge is -2.18. The van der Waals surface area contributed by atoms with Crippen LogP contribution in [0.5, 0.6) is 5.75 Å². The molecule has 1 aliphatic carbocycles. The number of rotatable bonds is 9. The molecule has 1 fully saturated rings. The van der Waals surface area contributed by atoms with Gasteiger partial charge >= 0.3 is 0 Å². The maximum Gasteiger partial charge on any atom is 0.258 e. The topological polar surface area (TPSA) is 94.3 Å². The Kier molecular flexibility index (Phi) is 6.55. The van der Waals surface area contributed by atoms with Crippen molar-refractivity contribution in [3.05, 3.63) is 76.4 Å². The highest BCUT2D eigenvalue weighted by atomic mass is 35.5. The Morgan fingerprint density at radius 2 is 1.72 bits per heavy atom. The molecule has 0 radical (unpaired) electrons. The number of hydrogen-bond acceptors (Lipinski definition) is 6. The minimum atomic E-state index is -0.384. The van der Waals surface area contributed by atoms with Crippen LogP contribution in [0.15, 0.2) is 53.1 Å². The standard InChI is InChI=1S/C24H24ClN3O4/c1-14(2)21(24-27-23(28-32-24)17-3-4-17)26-20(29)13-31-19-11-7-16(8-12-19)22(30)15-5-9-18(25)10-6-15/h5-12,14,17,21H,3-4,13H2,1-2H3,(H,26,29). The highest BCUT2D eigenvalue weighted by Gasteiger charge is 2.31. The third-order valence-electron chi connectivity index (χ3n) is 5.24. The van der Waals surface area contributed by atoms with Crippen LogP contribution in [0.25, 0.3) is 0 Å². The van der Waals surface area contributed by atoms with Gasteiger partial charge in [-0.2, -0.15) is 4.98 Å². The number of ether oxygens (including phenoxy) is 1. The van der Waals surface area contributed by atoms with Gasteiger partial charge in [-0.15, -0.1) is 0 Å². The molecule has 0 bridgehead atoms. The number of halogens is 1. The monoisotopic (exact) mass is 453 g/mol. The normalized spacial score (nSPS) is 14.2. The maximum absolute atomic E-state index is 12.5. The number of nitrogens with zero attached hydrogens (tertiary/aromatic N) is 2. The molecule has 0 saturated heterocycles. The Labute approximate surface area is 191 Å². The van der Waals surface area contributed by atoms with Crippen LogP contribution in [0, 0.1) is 5.92 Å². The minimum absolute atomic E-state index is 0.0737. The fourth-order valence-corrected chi connectivity index (χ4v) is 3.35. The first-order valence-corrected chi connectivity index (χ1v) is 10.9. The van der Waals surface area contributed by atoms with Crippen molar-refractivity contribution in [3.63, 3.8) is 0 Å². The number of ketones is 1. The van der Waals surface area contributed by atoms with Crippen LogP contribution in [-0.4, -0.2) is 28.4 Å². The molecule has 1 amide bonds. The number of nitrogens with one attached hydrogen (secondary N) is 1. The van der Waals surface area contributed by atoms with E-state index in [0.717, 1.165) is 12.8 Å². The lowest BCUT2D eigenvalue weighted by Crippen LogP contribution is -2.35. The van der Waals surface area contributed by atoms with E-state index in [1.165, 1.54) is 0 Å². The molecular weight excluding hydrogens is 430 g/mol. The lowest BCUT2D eigenvalue weighted by molar-refractivity contribution is -0.124. The summed E-state index contributed by atoms with van der Waals surface area (Å²) < 4.78 is 11.0. The smallest absolute Gasteiger partial charge is 0.258 e. The summed E-state index contributed by atoms with van der Waals surface area (Å²) in [6.07, 6.45) is 2.16. The quantitative estimate of drug-likeness (QED) is 0.471. The third kappa shape index (κ3) is 5.34. The van der Waals surface area contributed by atoms with Gasteiger partial charge in [0.25, 0.3) is 5.91 Å². The number of hydrogen-bond donors (Lipinski definition) is 1. The molecule has 3 aromatic rings. The van der Waals surface area contributed by atoms with Gasteiger partial charge in [-0.3, -0.25) is 9.59 Å². The van der Waals surface area contributed by atoms with Crippen molar-refractivity contribution in [2.45, 2.75) is 38.6 Å². The zero-order valence-corrected chi connectivity index (χ0v) is 18.6. The van der Waals surface area contributed by atoms with Crippen LogP contribution in [0.4, 0.5) is 0 Å². The first-order chi connectivity index (χ1) is 15.4. The predicted molar refractivity (Wildman–Crippen MR) is 119 cm³/mol. The van der Waals surface area contributed by atoms with Crippen molar-refractivity contribution < 1.29 is 18.8 Å². The number of carbonyl (C=O) groups is 2. The van der Waals surface area contributed by atoms with Crippen molar-refractivity contribution in [3.8, 4) is 5.75 Å². The molecule has 1 aromatic heterocycles. The van der Waals surface area contributed by atoms with Crippen LogP contribution >= 0.6 is 11.6 Å². The summed E-state index contributed by atoms with van der Waals surface area (Å²) in [5.74, 6) is 1.66. The summed E-state index contributed by atoms with van der Waals surface area (Å²) in [7, 11) is 0. The predicted octanol–water partition coefficient (Wildman–Crippen LogP) is 4.72. The van der Waals surface area contributed by atoms with Gasteiger partial charge in [-0.05, 0) is 67.3 Å². The maximum atomic E-state index is 12.5. The molecule has 4 rings (SSSR count). The van der Waals surface area contributed by atoms with Crippen LogP contribution in [0.1, 0.15) is 66.3 Å². The number of aromatic nitrogens is 2. The zero-order valence-electron chi connectivity index (χ0n) is 17.9. The van der Waals surface area contributed by atoms with Gasteiger partial charge in [0, 0.05) is 22.1 Å². The Morgan fingerprint density at radius 3 is 2.31 bits per heavy atom. The van der Waals surface area contributed by atoms with E-state index in [0.29, 0.717) is 39.5 Å². The summed E-state index contributed by atoms with van der Waals surface area (Å²) in [4.78, 5) is 29.4. The minimum Gasteiger partial charge on any atom is -0.484 e. The van der Waals surface area contributed by atoms with Crippen molar-refractivity contribution >= 4 is 23.3 Å². The SMILES string of the molecule is CC(C)C(NC(=O)COc1ccc(C(=O)c2ccc(Cl)cc2)cc1)c1nc(C2CC2)no1. The van der Waals surface area contributed by atoms with E-state index in [4.69, 9.17) is 20.9 Å². The summed E-state index contributed by atoms with van der Waals surface area (Å²) in [5.41, 5.74) is 1.07. The average Bonchev–Trinajstić information content (AvgIpc) is 3.53. The van der Waals surface area contributed by atoms with E-state index in [-0.39, 0.29) is 30.3 Å². The highest BCUT2D eigenvalue weighted by Crippen LogP contribution is 2.38. The number of benzene rings is 2. The molecule has 1 unspecified atom stereocenters. The van der Waals surface area contributed by atoms with Crippen molar-refractivity contribution in [1.82, 2.24) is 15.5 Å². The number of carbonyl (C=O) groups excluding carboxylic acids is 2. The molecule has 166 valence electrons. The summed E-state index contributed by atoms with van der Waals surface area (Å²) in [5, 5.41) is 7.51. The van der Waals surface area contributed by atoms with Crippen LogP contribution in [0.2, 0.25) is 5.02 Å². The van der Waals surface area contributed by atoms with Crippen LogP contribution in [-0.2, 0) is 4.79 Å². The molecule has 32 heavy (non-hydrogen) atoms. The summed E-state index contributed by atoms with van der Waals surface area (Å²) >= 11 is 5.87. The van der Waals surface area contributed by atoms with E-state index in [1.54, 1.807) is 48.5 Å². The van der Waals surface area contributed by atoms with Crippen molar-refractivity contribution in [1.29, 1.82) is 0 Å². The fourth-order valence-electron chi connectivity index (χ4n) is 3.23. The van der Waals surface area contributed by atoms with Crippen molar-refractivity contribution in [2.75, 3.05) is 6.61 Å². The van der Waals surface area contributed by atoms with Gasteiger partial charge in [-0.1, -0.05) is 30.6 Å². The molecule has 1 N–H and O–H groups in total. The van der Waals surface area contributed by atoms with E-state index >= 15 is 0 Å². The van der Waals surface area contributed by atoms with Crippen LogP contribution in [0.3, 0.4) is 0 Å². The Morgan fingerprint density at radius 1 is 1.09 bits per heavy atom. The Hall–Kier alpha value is -3.19. The Balaban J connectivity index is 1.32. The lowest BCUT2D eigenvalue weighted by atomic mass is 10.0. The molecule has 1 aliphatic rings.